The van der Waals surface area contributed by atoms with E-state index in [9.17, 15) is 39.0 Å². The van der Waals surface area contributed by atoms with Crippen LogP contribution in [0.25, 0.3) is 0 Å². The summed E-state index contributed by atoms with van der Waals surface area (Å²) in [6, 6.07) is 13.3. The van der Waals surface area contributed by atoms with Gasteiger partial charge in [0.05, 0.1) is 58.1 Å². The van der Waals surface area contributed by atoms with Crippen LogP contribution >= 0.6 is 48.0 Å². The number of hydrogen-bond donors (Lipinski definition) is 6. The number of nitrogens with zero attached hydrogens (tertiary/aromatic N) is 4. The predicted molar refractivity (Wildman–Crippen MR) is 301 cm³/mol. The van der Waals surface area contributed by atoms with E-state index in [1.54, 1.807) is 47.2 Å². The molecule has 0 radical (unpaired) electrons. The summed E-state index contributed by atoms with van der Waals surface area (Å²) >= 11 is 14.3. The number of nitrogens with one attached hydrogen (secondary N) is 4. The number of carbonyl (C=O) groups is 6. The number of thioether (sulfide) groups is 2. The normalized spacial score (nSPS) is 23.9. The van der Waals surface area contributed by atoms with Gasteiger partial charge in [-0.25, -0.2) is 9.59 Å². The number of carboxylic acid groups (broad SMARTS) is 2. The Bertz CT molecular complexity index is 2410. The Labute approximate surface area is 465 Å². The molecule has 22 heteroatoms. The lowest BCUT2D eigenvalue weighted by Crippen LogP contribution is -2.58. The fourth-order valence-corrected chi connectivity index (χ4v) is 13.7. The lowest BCUT2D eigenvalue weighted by Gasteiger charge is -2.35. The van der Waals surface area contributed by atoms with Crippen LogP contribution in [0.1, 0.15) is 90.4 Å². The van der Waals surface area contributed by atoms with Crippen molar-refractivity contribution in [1.29, 1.82) is 0 Å². The molecule has 4 aliphatic heterocycles. The van der Waals surface area contributed by atoms with Crippen LogP contribution in [0.2, 0.25) is 0 Å². The first-order valence-electron chi connectivity index (χ1n) is 25.3. The summed E-state index contributed by atoms with van der Waals surface area (Å²) in [6.45, 7) is 11.4. The van der Waals surface area contributed by atoms with Crippen molar-refractivity contribution >= 4 is 93.8 Å². The van der Waals surface area contributed by atoms with Crippen molar-refractivity contribution in [3.8, 4) is 23.7 Å². The second-order valence-electron chi connectivity index (χ2n) is 20.7. The molecule has 0 aromatic heterocycles. The molecule has 4 aliphatic rings. The average molecular weight is 1120 g/mol. The highest BCUT2D eigenvalue weighted by molar-refractivity contribution is 8.00. The largest absolute Gasteiger partial charge is 0.465 e. The van der Waals surface area contributed by atoms with Crippen LogP contribution in [0.4, 0.5) is 9.59 Å². The first kappa shape index (κ1) is 59.6. The highest BCUT2D eigenvalue weighted by Crippen LogP contribution is 2.48. The Morgan fingerprint density at radius 1 is 0.671 bits per heavy atom. The van der Waals surface area contributed by atoms with E-state index >= 15 is 0 Å². The van der Waals surface area contributed by atoms with Gasteiger partial charge in [-0.15, -0.1) is 23.5 Å². The van der Waals surface area contributed by atoms with Gasteiger partial charge in [-0.2, -0.15) is 0 Å². The first-order valence-corrected chi connectivity index (χ1v) is 28.2. The van der Waals surface area contributed by atoms with E-state index in [-0.39, 0.29) is 70.8 Å². The third-order valence-corrected chi connectivity index (χ3v) is 17.9. The Kier molecular flexibility index (Phi) is 20.9. The third kappa shape index (κ3) is 14.7. The van der Waals surface area contributed by atoms with Gasteiger partial charge in [0.2, 0.25) is 23.6 Å². The van der Waals surface area contributed by atoms with Crippen molar-refractivity contribution in [3.05, 3.63) is 71.8 Å². The Morgan fingerprint density at radius 3 is 1.37 bits per heavy atom. The average Bonchev–Trinajstić information content (AvgIpc) is 3.73. The molecule has 0 aliphatic carbocycles. The zero-order valence-electron chi connectivity index (χ0n) is 44.2. The van der Waals surface area contributed by atoms with Gasteiger partial charge in [0, 0.05) is 14.1 Å². The standard InChI is InChI=1S/C54H70N8O10S4/c1-33(59(7)51(67)68)47(73)57-37-23-27-75-41-29-53(3,4)43(61(41)49(37)65)45(63)55-39(35-19-13-11-14-20-35)31-71-25-17-9-10-18-26-72-32-40(36-21-15-12-16-22-36)56-46(64)44-54(5,6)30-42-62(44)50(66)38(24-28-76-42)58-48(74)34(2)60(8)52(69)70/h11-16,19-22,33-34,37-44H,23-32H2,1-8H3,(H,55,63)(H,56,64)(H,57,73)(H,58,74)(H,67,68)(H,69,70)/t33?,34?,37-,38-,39?,40?,41-,42-,43+,44+/m0/s1. The lowest BCUT2D eigenvalue weighted by atomic mass is 9.83. The Morgan fingerprint density at radius 2 is 1.03 bits per heavy atom. The van der Waals surface area contributed by atoms with Crippen LogP contribution in [0.5, 0.6) is 0 Å². The van der Waals surface area contributed by atoms with E-state index in [1.165, 1.54) is 14.1 Å². The molecule has 4 fully saturated rings. The molecule has 6 N–H and O–H groups in total. The molecule has 0 saturated carbocycles. The highest BCUT2D eigenvalue weighted by Gasteiger charge is 2.56. The SMILES string of the molecule is CC(C(=S)N[C@H]1CCS[C@H]2CC(C)(C)[C@@H](C(=O)NC(COCC#CC#CCOCC(NC(=O)[C@H]3N4C(=O)[C@@H](NC(=S)C(C)N(C)C(=O)O)CCS[C@H]4CC3(C)C)c3ccccc3)c3ccccc3)N2C1=O)N(C)C(=O)O. The predicted octanol–water partition coefficient (Wildman–Crippen LogP) is 5.49. The molecule has 4 unspecified atom stereocenters. The topological polar surface area (TPSA) is 222 Å². The maximum absolute atomic E-state index is 14.4. The minimum Gasteiger partial charge on any atom is -0.465 e. The highest BCUT2D eigenvalue weighted by atomic mass is 32.2. The fraction of sp³-hybridized carbons (Fsp3) is 0.556. The molecule has 0 spiro atoms. The molecule has 0 bridgehead atoms. The molecular formula is C54H70N8O10S4. The molecule has 18 nitrogen and oxygen atoms in total. The minimum atomic E-state index is -1.14. The van der Waals surface area contributed by atoms with E-state index in [4.69, 9.17) is 33.9 Å². The van der Waals surface area contributed by atoms with Crippen molar-refractivity contribution in [3.63, 3.8) is 0 Å². The number of carbonyl (C=O) groups excluding carboxylic acids is 4. The van der Waals surface area contributed by atoms with Gasteiger partial charge < -0.3 is 60.6 Å². The monoisotopic (exact) mass is 1120 g/mol. The smallest absolute Gasteiger partial charge is 0.407 e. The molecule has 76 heavy (non-hydrogen) atoms. The molecule has 2 aromatic rings. The summed E-state index contributed by atoms with van der Waals surface area (Å²) < 4.78 is 12.0. The first-order chi connectivity index (χ1) is 36.0. The van der Waals surface area contributed by atoms with Crippen LogP contribution in [0, 0.1) is 34.5 Å². The summed E-state index contributed by atoms with van der Waals surface area (Å²) in [6.07, 6.45) is -0.155. The van der Waals surface area contributed by atoms with Crippen LogP contribution in [-0.2, 0) is 28.7 Å². The third-order valence-electron chi connectivity index (χ3n) is 14.4. The van der Waals surface area contributed by atoms with E-state index in [0.717, 1.165) is 20.9 Å². The van der Waals surface area contributed by atoms with Crippen LogP contribution in [0.15, 0.2) is 60.7 Å². The maximum atomic E-state index is 14.4. The molecule has 6 rings (SSSR count). The van der Waals surface area contributed by atoms with Crippen molar-refractivity contribution in [2.45, 2.75) is 126 Å². The zero-order chi connectivity index (χ0) is 55.5. The quantitative estimate of drug-likeness (QED) is 0.0617. The number of amides is 6. The second kappa shape index (κ2) is 26.6. The number of ether oxygens (including phenoxy) is 2. The number of thiocarbonyl (C=S) groups is 2. The number of rotatable bonds is 18. The molecule has 6 amide bonds. The number of fused-ring (bicyclic) bond motifs is 2. The molecule has 4 saturated heterocycles. The number of hydrogen-bond acceptors (Lipinski definition) is 12. The van der Waals surface area contributed by atoms with Crippen molar-refractivity contribution in [2.75, 3.05) is 52.0 Å². The van der Waals surface area contributed by atoms with Gasteiger partial charge in [0.1, 0.15) is 37.4 Å². The van der Waals surface area contributed by atoms with E-state index in [2.05, 4.69) is 44.9 Å². The van der Waals surface area contributed by atoms with Gasteiger partial charge in [-0.1, -0.05) is 125 Å². The van der Waals surface area contributed by atoms with Gasteiger partial charge >= 0.3 is 12.2 Å². The minimum absolute atomic E-state index is 0.0128. The van der Waals surface area contributed by atoms with Gasteiger partial charge in [-0.05, 0) is 84.8 Å². The number of benzene rings is 2. The van der Waals surface area contributed by atoms with Gasteiger partial charge in [0.25, 0.3) is 0 Å². The second-order valence-corrected chi connectivity index (χ2v) is 24.2. The van der Waals surface area contributed by atoms with Gasteiger partial charge in [0.15, 0.2) is 0 Å². The molecule has 4 heterocycles. The summed E-state index contributed by atoms with van der Waals surface area (Å²) in [5, 5.41) is 31.1. The molecular weight excluding hydrogens is 1050 g/mol. The summed E-state index contributed by atoms with van der Waals surface area (Å²) in [5.41, 5.74) is 0.471. The van der Waals surface area contributed by atoms with Crippen LogP contribution in [0.3, 0.4) is 0 Å². The molecule has 410 valence electrons. The van der Waals surface area contributed by atoms with Crippen LogP contribution in [-0.4, -0.2) is 175 Å². The Balaban J connectivity index is 1.04. The lowest BCUT2D eigenvalue weighted by molar-refractivity contribution is -0.142. The fourth-order valence-electron chi connectivity index (χ4n) is 9.90. The van der Waals surface area contributed by atoms with Crippen molar-refractivity contribution < 1.29 is 48.5 Å². The van der Waals surface area contributed by atoms with E-state index in [0.29, 0.717) is 37.2 Å². The maximum Gasteiger partial charge on any atom is 0.407 e. The zero-order valence-corrected chi connectivity index (χ0v) is 47.5. The summed E-state index contributed by atoms with van der Waals surface area (Å²) in [7, 11) is 2.84. The van der Waals surface area contributed by atoms with E-state index in [1.807, 2.05) is 88.4 Å². The number of likely N-dealkylation sites (N-methyl/N-ethyl adjacent to an activating group) is 2. The molecule has 2 aromatic carbocycles. The Hall–Kier alpha value is -5.62. The van der Waals surface area contributed by atoms with Crippen molar-refractivity contribution in [2.24, 2.45) is 10.8 Å². The van der Waals surface area contributed by atoms with Crippen LogP contribution < -0.4 is 21.3 Å². The summed E-state index contributed by atoms with van der Waals surface area (Å²) in [4.78, 5) is 86.7. The van der Waals surface area contributed by atoms with E-state index < -0.39 is 71.4 Å². The summed E-state index contributed by atoms with van der Waals surface area (Å²) in [5.74, 6) is 11.5. The molecule has 10 atom stereocenters. The van der Waals surface area contributed by atoms with Gasteiger partial charge in [-0.3, -0.25) is 19.2 Å². The van der Waals surface area contributed by atoms with Crippen molar-refractivity contribution in [1.82, 2.24) is 40.9 Å².